The highest BCUT2D eigenvalue weighted by molar-refractivity contribution is 7.89. The first-order chi connectivity index (χ1) is 9.06. The molecule has 0 spiro atoms. The van der Waals surface area contributed by atoms with E-state index >= 15 is 0 Å². The zero-order valence-corrected chi connectivity index (χ0v) is 12.5. The van der Waals surface area contributed by atoms with Crippen molar-refractivity contribution in [3.8, 4) is 0 Å². The van der Waals surface area contributed by atoms with Gasteiger partial charge in [-0.15, -0.1) is 0 Å². The fourth-order valence-corrected chi connectivity index (χ4v) is 3.18. The van der Waals surface area contributed by atoms with Crippen LogP contribution in [0.5, 0.6) is 0 Å². The van der Waals surface area contributed by atoms with E-state index in [2.05, 4.69) is 10.0 Å². The van der Waals surface area contributed by atoms with E-state index in [0.717, 1.165) is 31.6 Å². The molecule has 19 heavy (non-hydrogen) atoms. The summed E-state index contributed by atoms with van der Waals surface area (Å²) in [6.45, 7) is 6.97. The van der Waals surface area contributed by atoms with Crippen LogP contribution in [-0.4, -0.2) is 26.1 Å². The third kappa shape index (κ3) is 3.81. The molecular weight excluding hydrogens is 262 g/mol. The summed E-state index contributed by atoms with van der Waals surface area (Å²) in [7, 11) is -3.35. The Labute approximate surface area is 115 Å². The van der Waals surface area contributed by atoms with E-state index in [9.17, 15) is 8.42 Å². The average molecular weight is 285 g/mol. The summed E-state index contributed by atoms with van der Waals surface area (Å²) in [6.07, 6.45) is 4.01. The summed E-state index contributed by atoms with van der Waals surface area (Å²) >= 11 is 0. The van der Waals surface area contributed by atoms with Gasteiger partial charge in [0.2, 0.25) is 10.0 Å². The van der Waals surface area contributed by atoms with Crippen molar-refractivity contribution in [2.75, 3.05) is 13.1 Å². The lowest BCUT2D eigenvalue weighted by atomic mass is 10.4. The SMILES string of the molecule is CCNCc1cc(S(=O)(=O)NCC2CC2)cn1CC. The molecule has 1 aliphatic rings. The molecule has 1 saturated carbocycles. The van der Waals surface area contributed by atoms with Gasteiger partial charge >= 0.3 is 0 Å². The maximum atomic E-state index is 12.2. The van der Waals surface area contributed by atoms with Crippen LogP contribution in [0.25, 0.3) is 0 Å². The lowest BCUT2D eigenvalue weighted by Gasteiger charge is -2.05. The molecule has 0 saturated heterocycles. The third-order valence-electron chi connectivity index (χ3n) is 3.43. The Morgan fingerprint density at radius 3 is 2.68 bits per heavy atom. The van der Waals surface area contributed by atoms with Crippen LogP contribution in [0.15, 0.2) is 17.2 Å². The van der Waals surface area contributed by atoms with Gasteiger partial charge in [0.25, 0.3) is 0 Å². The molecule has 0 atom stereocenters. The molecule has 6 heteroatoms. The van der Waals surface area contributed by atoms with Crippen molar-refractivity contribution < 1.29 is 8.42 Å². The molecule has 1 aliphatic carbocycles. The number of hydrogen-bond donors (Lipinski definition) is 2. The molecule has 1 aromatic heterocycles. The summed E-state index contributed by atoms with van der Waals surface area (Å²) in [4.78, 5) is 0.378. The lowest BCUT2D eigenvalue weighted by molar-refractivity contribution is 0.577. The van der Waals surface area contributed by atoms with E-state index in [0.29, 0.717) is 23.9 Å². The first kappa shape index (κ1) is 14.6. The van der Waals surface area contributed by atoms with Gasteiger partial charge in [-0.25, -0.2) is 13.1 Å². The Morgan fingerprint density at radius 1 is 1.37 bits per heavy atom. The van der Waals surface area contributed by atoms with Crippen LogP contribution in [0, 0.1) is 5.92 Å². The molecule has 0 aromatic carbocycles. The van der Waals surface area contributed by atoms with E-state index in [1.165, 1.54) is 0 Å². The van der Waals surface area contributed by atoms with Gasteiger partial charge in [0.1, 0.15) is 0 Å². The van der Waals surface area contributed by atoms with Gasteiger partial charge in [0, 0.05) is 31.5 Å². The quantitative estimate of drug-likeness (QED) is 0.757. The van der Waals surface area contributed by atoms with Crippen LogP contribution in [0.3, 0.4) is 0 Å². The molecule has 1 aromatic rings. The minimum Gasteiger partial charge on any atom is -0.349 e. The second kappa shape index (κ2) is 6.07. The van der Waals surface area contributed by atoms with Crippen LogP contribution in [0.1, 0.15) is 32.4 Å². The highest BCUT2D eigenvalue weighted by atomic mass is 32.2. The van der Waals surface area contributed by atoms with Crippen molar-refractivity contribution in [2.45, 2.75) is 44.7 Å². The molecule has 2 N–H and O–H groups in total. The Balaban J connectivity index is 2.11. The summed E-state index contributed by atoms with van der Waals surface area (Å²) in [5.41, 5.74) is 1.01. The van der Waals surface area contributed by atoms with Crippen molar-refractivity contribution in [1.82, 2.24) is 14.6 Å². The van der Waals surface area contributed by atoms with Crippen LogP contribution >= 0.6 is 0 Å². The Kier molecular flexibility index (Phi) is 4.65. The molecule has 0 unspecified atom stereocenters. The molecule has 0 amide bonds. The average Bonchev–Trinajstić information content (AvgIpc) is 3.12. The number of aromatic nitrogens is 1. The van der Waals surface area contributed by atoms with Crippen molar-refractivity contribution in [3.63, 3.8) is 0 Å². The van der Waals surface area contributed by atoms with E-state index in [-0.39, 0.29) is 0 Å². The van der Waals surface area contributed by atoms with Crippen LogP contribution in [-0.2, 0) is 23.1 Å². The van der Waals surface area contributed by atoms with E-state index in [1.54, 1.807) is 12.3 Å². The molecular formula is C13H23N3O2S. The van der Waals surface area contributed by atoms with E-state index in [1.807, 2.05) is 18.4 Å². The van der Waals surface area contributed by atoms with Gasteiger partial charge in [-0.05, 0) is 38.3 Å². The van der Waals surface area contributed by atoms with Gasteiger partial charge < -0.3 is 9.88 Å². The smallest absolute Gasteiger partial charge is 0.242 e. The zero-order chi connectivity index (χ0) is 13.9. The van der Waals surface area contributed by atoms with Gasteiger partial charge in [-0.2, -0.15) is 0 Å². The third-order valence-corrected chi connectivity index (χ3v) is 4.82. The van der Waals surface area contributed by atoms with Gasteiger partial charge in [-0.1, -0.05) is 6.92 Å². The first-order valence-electron chi connectivity index (χ1n) is 6.96. The Bertz CT molecular complexity index is 518. The maximum absolute atomic E-state index is 12.2. The molecule has 0 aliphatic heterocycles. The van der Waals surface area contributed by atoms with Crippen LogP contribution in [0.4, 0.5) is 0 Å². The van der Waals surface area contributed by atoms with Gasteiger partial charge in [0.15, 0.2) is 0 Å². The first-order valence-corrected chi connectivity index (χ1v) is 8.44. The number of nitrogens with zero attached hydrogens (tertiary/aromatic N) is 1. The Hall–Kier alpha value is -0.850. The molecule has 108 valence electrons. The van der Waals surface area contributed by atoms with Crippen LogP contribution in [0.2, 0.25) is 0 Å². The number of aryl methyl sites for hydroxylation is 1. The summed E-state index contributed by atoms with van der Waals surface area (Å²) in [5.74, 6) is 0.546. The fourth-order valence-electron chi connectivity index (χ4n) is 2.00. The minimum absolute atomic E-state index is 0.378. The second-order valence-electron chi connectivity index (χ2n) is 5.03. The Morgan fingerprint density at radius 2 is 2.11 bits per heavy atom. The number of nitrogens with one attached hydrogen (secondary N) is 2. The zero-order valence-electron chi connectivity index (χ0n) is 11.6. The number of rotatable bonds is 8. The number of hydrogen-bond acceptors (Lipinski definition) is 3. The van der Waals surface area contributed by atoms with Crippen molar-refractivity contribution in [3.05, 3.63) is 18.0 Å². The molecule has 2 rings (SSSR count). The van der Waals surface area contributed by atoms with E-state index < -0.39 is 10.0 Å². The predicted octanol–water partition coefficient (Wildman–Crippen LogP) is 1.31. The standard InChI is InChI=1S/C13H23N3O2S/c1-3-14-9-12-7-13(10-16(12)4-2)19(17,18)15-8-11-5-6-11/h7,10-11,14-15H,3-6,8-9H2,1-2H3. The fraction of sp³-hybridized carbons (Fsp3) is 0.692. The maximum Gasteiger partial charge on any atom is 0.242 e. The number of sulfonamides is 1. The van der Waals surface area contributed by atoms with Gasteiger partial charge in [0.05, 0.1) is 4.90 Å². The van der Waals surface area contributed by atoms with Gasteiger partial charge in [-0.3, -0.25) is 0 Å². The summed E-state index contributed by atoms with van der Waals surface area (Å²) in [5, 5.41) is 3.23. The normalized spacial score (nSPS) is 15.9. The highest BCUT2D eigenvalue weighted by Gasteiger charge is 2.25. The molecule has 0 bridgehead atoms. The molecule has 0 radical (unpaired) electrons. The highest BCUT2D eigenvalue weighted by Crippen LogP contribution is 2.28. The molecule has 1 fully saturated rings. The largest absolute Gasteiger partial charge is 0.349 e. The van der Waals surface area contributed by atoms with Crippen LogP contribution < -0.4 is 10.0 Å². The topological polar surface area (TPSA) is 63.1 Å². The van der Waals surface area contributed by atoms with Crippen molar-refractivity contribution >= 4 is 10.0 Å². The van der Waals surface area contributed by atoms with Crippen molar-refractivity contribution in [2.24, 2.45) is 5.92 Å². The van der Waals surface area contributed by atoms with E-state index in [4.69, 9.17) is 0 Å². The molecule has 5 nitrogen and oxygen atoms in total. The minimum atomic E-state index is -3.35. The summed E-state index contributed by atoms with van der Waals surface area (Å²) in [6, 6.07) is 1.77. The second-order valence-corrected chi connectivity index (χ2v) is 6.80. The monoisotopic (exact) mass is 285 g/mol. The molecule has 1 heterocycles. The summed E-state index contributed by atoms with van der Waals surface area (Å²) < 4.78 is 29.0. The lowest BCUT2D eigenvalue weighted by Crippen LogP contribution is -2.25. The predicted molar refractivity (Wildman–Crippen MR) is 75.4 cm³/mol. The van der Waals surface area contributed by atoms with Crippen molar-refractivity contribution in [1.29, 1.82) is 0 Å².